The third kappa shape index (κ3) is 4.81. The van der Waals surface area contributed by atoms with Gasteiger partial charge in [-0.25, -0.2) is 9.78 Å². The summed E-state index contributed by atoms with van der Waals surface area (Å²) in [5.74, 6) is -1.88. The molecule has 3 atom stereocenters. The zero-order chi connectivity index (χ0) is 26.0. The lowest BCUT2D eigenvalue weighted by Crippen LogP contribution is -2.60. The summed E-state index contributed by atoms with van der Waals surface area (Å²) in [7, 11) is 2.64. The van der Waals surface area contributed by atoms with Crippen molar-refractivity contribution in [3.8, 4) is 11.3 Å². The monoisotopic (exact) mass is 545 g/mol. The molecule has 0 radical (unpaired) electrons. The Kier molecular flexibility index (Phi) is 7.59. The third-order valence-corrected chi connectivity index (χ3v) is 7.66. The number of esters is 2. The molecule has 1 aromatic heterocycles. The van der Waals surface area contributed by atoms with Gasteiger partial charge in [-0.3, -0.25) is 4.79 Å². The van der Waals surface area contributed by atoms with Crippen molar-refractivity contribution in [1.82, 2.24) is 10.3 Å². The van der Waals surface area contributed by atoms with Crippen molar-refractivity contribution < 1.29 is 19.1 Å². The molecule has 188 valence electrons. The van der Waals surface area contributed by atoms with Crippen LogP contribution in [0.4, 0.5) is 5.13 Å². The van der Waals surface area contributed by atoms with Gasteiger partial charge in [-0.2, -0.15) is 0 Å². The fraction of sp³-hybridized carbons (Fsp3) is 0.269. The molecule has 0 saturated carbocycles. The Morgan fingerprint density at radius 2 is 1.83 bits per heavy atom. The summed E-state index contributed by atoms with van der Waals surface area (Å²) in [5.41, 5.74) is 2.20. The molecule has 4 rings (SSSR count). The van der Waals surface area contributed by atoms with E-state index in [9.17, 15) is 9.59 Å². The lowest BCUT2D eigenvalue weighted by Gasteiger charge is -2.46. The Balaban J connectivity index is 1.81. The Bertz CT molecular complexity index is 1330. The van der Waals surface area contributed by atoms with Gasteiger partial charge in [0, 0.05) is 21.7 Å². The number of carbonyl (C=O) groups is 2. The van der Waals surface area contributed by atoms with E-state index in [0.717, 1.165) is 5.56 Å². The van der Waals surface area contributed by atoms with Crippen molar-refractivity contribution >= 4 is 51.6 Å². The highest BCUT2D eigenvalue weighted by Crippen LogP contribution is 2.42. The summed E-state index contributed by atoms with van der Waals surface area (Å²) < 4.78 is 10.3. The number of carbonyl (C=O) groups excluding carboxylic acids is 2. The number of hydrogen-bond acceptors (Lipinski definition) is 8. The Morgan fingerprint density at radius 3 is 2.47 bits per heavy atom. The van der Waals surface area contributed by atoms with Gasteiger partial charge in [0.25, 0.3) is 0 Å². The molecule has 0 fully saturated rings. The van der Waals surface area contributed by atoms with E-state index in [2.05, 4.69) is 15.6 Å². The molecule has 0 bridgehead atoms. The van der Waals surface area contributed by atoms with Crippen molar-refractivity contribution in [2.45, 2.75) is 25.4 Å². The number of anilines is 1. The smallest absolute Gasteiger partial charge is 0.337 e. The van der Waals surface area contributed by atoms with Gasteiger partial charge in [0.15, 0.2) is 5.13 Å². The summed E-state index contributed by atoms with van der Waals surface area (Å²) in [5, 5.41) is 10.1. The molecule has 0 amide bonds. The van der Waals surface area contributed by atoms with E-state index in [-0.39, 0.29) is 0 Å². The lowest BCUT2D eigenvalue weighted by molar-refractivity contribution is -0.149. The van der Waals surface area contributed by atoms with Gasteiger partial charge in [0.1, 0.15) is 5.92 Å². The molecule has 1 aliphatic heterocycles. The molecule has 3 aromatic rings. The molecule has 2 aromatic carbocycles. The maximum absolute atomic E-state index is 13.3. The summed E-state index contributed by atoms with van der Waals surface area (Å²) >= 11 is 13.7. The minimum Gasteiger partial charge on any atom is -0.469 e. The number of ether oxygens (including phenoxy) is 2. The molecule has 0 saturated heterocycles. The van der Waals surface area contributed by atoms with Crippen LogP contribution in [0.25, 0.3) is 11.3 Å². The molecular formula is C26H25Cl2N3O4S. The van der Waals surface area contributed by atoms with Crippen LogP contribution in [-0.2, 0) is 24.6 Å². The molecular weight excluding hydrogens is 521 g/mol. The zero-order valence-electron chi connectivity index (χ0n) is 20.1. The van der Waals surface area contributed by atoms with Crippen LogP contribution in [0.1, 0.15) is 19.4 Å². The van der Waals surface area contributed by atoms with E-state index in [1.54, 1.807) is 25.1 Å². The average Bonchev–Trinajstić information content (AvgIpc) is 3.32. The molecule has 3 unspecified atom stereocenters. The van der Waals surface area contributed by atoms with E-state index in [0.29, 0.717) is 37.7 Å². The SMILES string of the molecule is COC(=O)C1=C(C)NC(C)(c2ccccc2)C(C(=O)OC)C1Nc1nc(-c2ccc(Cl)cc2Cl)cs1. The van der Waals surface area contributed by atoms with Gasteiger partial charge in [-0.05, 0) is 37.6 Å². The van der Waals surface area contributed by atoms with E-state index in [1.165, 1.54) is 25.6 Å². The second-order valence-electron chi connectivity index (χ2n) is 8.51. The number of allylic oxidation sites excluding steroid dienone is 1. The molecule has 1 aliphatic rings. The molecule has 7 nitrogen and oxygen atoms in total. The van der Waals surface area contributed by atoms with Gasteiger partial charge in [0.2, 0.25) is 0 Å². The van der Waals surface area contributed by atoms with Crippen LogP contribution in [-0.4, -0.2) is 37.2 Å². The highest BCUT2D eigenvalue weighted by atomic mass is 35.5. The van der Waals surface area contributed by atoms with Crippen LogP contribution in [0.3, 0.4) is 0 Å². The van der Waals surface area contributed by atoms with E-state index in [1.807, 2.05) is 42.6 Å². The van der Waals surface area contributed by atoms with E-state index >= 15 is 0 Å². The number of hydrogen-bond donors (Lipinski definition) is 2. The third-order valence-electron chi connectivity index (χ3n) is 6.34. The number of halogens is 2. The van der Waals surface area contributed by atoms with Gasteiger partial charge < -0.3 is 20.1 Å². The van der Waals surface area contributed by atoms with Gasteiger partial charge in [0.05, 0.1) is 42.1 Å². The molecule has 2 heterocycles. The highest BCUT2D eigenvalue weighted by Gasteiger charge is 2.52. The second-order valence-corrected chi connectivity index (χ2v) is 10.2. The second kappa shape index (κ2) is 10.5. The summed E-state index contributed by atoms with van der Waals surface area (Å²) in [6, 6.07) is 14.0. The topological polar surface area (TPSA) is 89.5 Å². The largest absolute Gasteiger partial charge is 0.469 e. The van der Waals surface area contributed by atoms with Crippen LogP contribution >= 0.6 is 34.5 Å². The van der Waals surface area contributed by atoms with Crippen LogP contribution in [0.15, 0.2) is 65.2 Å². The number of benzene rings is 2. The zero-order valence-corrected chi connectivity index (χ0v) is 22.4. The number of nitrogens with zero attached hydrogens (tertiary/aromatic N) is 1. The molecule has 0 spiro atoms. The van der Waals surface area contributed by atoms with Crippen LogP contribution in [0, 0.1) is 5.92 Å². The summed E-state index contributed by atoms with van der Waals surface area (Å²) in [6.07, 6.45) is 0. The van der Waals surface area contributed by atoms with Gasteiger partial charge >= 0.3 is 11.9 Å². The van der Waals surface area contributed by atoms with Crippen LogP contribution in [0.5, 0.6) is 0 Å². The van der Waals surface area contributed by atoms with Crippen molar-refractivity contribution in [3.63, 3.8) is 0 Å². The predicted molar refractivity (Wildman–Crippen MR) is 142 cm³/mol. The standard InChI is InChI=1S/C26H25Cl2N3O4S/c1-14-20(23(32)34-3)22(21(24(33)35-4)26(2,31-14)15-8-6-5-7-9-15)30-25-29-19(13-36-25)17-11-10-16(27)12-18(17)28/h5-13,21-22,31H,1-4H3,(H,29,30). The highest BCUT2D eigenvalue weighted by molar-refractivity contribution is 7.14. The van der Waals surface area contributed by atoms with E-state index in [4.69, 9.17) is 32.7 Å². The molecule has 10 heteroatoms. The minimum atomic E-state index is -0.896. The summed E-state index contributed by atoms with van der Waals surface area (Å²) in [6.45, 7) is 3.70. The first-order valence-electron chi connectivity index (χ1n) is 11.1. The fourth-order valence-corrected chi connectivity index (χ4v) is 5.90. The molecule has 2 N–H and O–H groups in total. The maximum atomic E-state index is 13.3. The van der Waals surface area contributed by atoms with Crippen molar-refractivity contribution in [2.24, 2.45) is 5.92 Å². The van der Waals surface area contributed by atoms with Crippen molar-refractivity contribution in [3.05, 3.63) is 80.8 Å². The van der Waals surface area contributed by atoms with Crippen molar-refractivity contribution in [1.29, 1.82) is 0 Å². The van der Waals surface area contributed by atoms with E-state index < -0.39 is 29.4 Å². The normalized spacial score (nSPS) is 21.5. The first-order chi connectivity index (χ1) is 17.2. The quantitative estimate of drug-likeness (QED) is 0.386. The van der Waals surface area contributed by atoms with Crippen molar-refractivity contribution in [2.75, 3.05) is 19.5 Å². The van der Waals surface area contributed by atoms with Crippen LogP contribution < -0.4 is 10.6 Å². The maximum Gasteiger partial charge on any atom is 0.337 e. The molecule has 0 aliphatic carbocycles. The average molecular weight is 546 g/mol. The summed E-state index contributed by atoms with van der Waals surface area (Å²) in [4.78, 5) is 30.9. The van der Waals surface area contributed by atoms with Gasteiger partial charge in [-0.1, -0.05) is 53.5 Å². The Hall–Kier alpha value is -3.07. The Labute approximate surface area is 223 Å². The van der Waals surface area contributed by atoms with Gasteiger partial charge in [-0.15, -0.1) is 11.3 Å². The number of methoxy groups -OCH3 is 2. The first kappa shape index (κ1) is 26.0. The minimum absolute atomic E-state index is 0.294. The predicted octanol–water partition coefficient (Wildman–Crippen LogP) is 5.65. The molecule has 36 heavy (non-hydrogen) atoms. The number of thiazole rings is 1. The fourth-order valence-electron chi connectivity index (χ4n) is 4.64. The number of nitrogens with one attached hydrogen (secondary N) is 2. The Morgan fingerprint density at radius 1 is 1.11 bits per heavy atom. The number of aromatic nitrogens is 1. The first-order valence-corrected chi connectivity index (χ1v) is 12.7. The number of rotatable bonds is 6. The van der Waals surface area contributed by atoms with Crippen LogP contribution in [0.2, 0.25) is 10.0 Å². The lowest BCUT2D eigenvalue weighted by atomic mass is 9.70.